The van der Waals surface area contributed by atoms with Gasteiger partial charge in [-0.25, -0.2) is 0 Å². The lowest BCUT2D eigenvalue weighted by Crippen LogP contribution is -2.40. The molecule has 2 aliphatic heterocycles. The highest BCUT2D eigenvalue weighted by atomic mass is 16.8. The first-order valence-corrected chi connectivity index (χ1v) is 8.11. The summed E-state index contributed by atoms with van der Waals surface area (Å²) in [6, 6.07) is 0. The third-order valence-corrected chi connectivity index (χ3v) is 3.62. The number of carbonyl (C=O) groups is 1. The van der Waals surface area contributed by atoms with Crippen molar-refractivity contribution >= 4 is 5.97 Å². The van der Waals surface area contributed by atoms with E-state index < -0.39 is 18.0 Å². The molecular weight excluding hydrogens is 288 g/mol. The summed E-state index contributed by atoms with van der Waals surface area (Å²) in [6.45, 7) is 7.54. The Morgan fingerprint density at radius 1 is 1.32 bits per heavy atom. The number of hydrogen-bond donors (Lipinski definition) is 1. The smallest absolute Gasteiger partial charge is 0.306 e. The van der Waals surface area contributed by atoms with Gasteiger partial charge in [-0.3, -0.25) is 4.79 Å². The van der Waals surface area contributed by atoms with E-state index in [4.69, 9.17) is 18.9 Å². The van der Waals surface area contributed by atoms with Crippen molar-refractivity contribution in [1.29, 1.82) is 0 Å². The lowest BCUT2D eigenvalue weighted by atomic mass is 10.1. The van der Waals surface area contributed by atoms with Crippen LogP contribution in [-0.4, -0.2) is 47.6 Å². The monoisotopic (exact) mass is 316 g/mol. The minimum Gasteiger partial charge on any atom is -0.460 e. The summed E-state index contributed by atoms with van der Waals surface area (Å²) in [5.74, 6) is -0.163. The van der Waals surface area contributed by atoms with E-state index in [1.165, 1.54) is 0 Å². The van der Waals surface area contributed by atoms with Crippen LogP contribution in [0, 0.1) is 0 Å². The summed E-state index contributed by atoms with van der Waals surface area (Å²) < 4.78 is 21.7. The molecule has 2 saturated heterocycles. The Morgan fingerprint density at radius 2 is 2.05 bits per heavy atom. The van der Waals surface area contributed by atoms with Gasteiger partial charge in [0.05, 0.1) is 6.10 Å². The number of unbranched alkanes of at least 4 members (excludes halogenated alkanes) is 1. The van der Waals surface area contributed by atoms with Crippen molar-refractivity contribution in [2.45, 2.75) is 96.3 Å². The van der Waals surface area contributed by atoms with Crippen molar-refractivity contribution in [3.05, 3.63) is 0 Å². The minimum absolute atomic E-state index is 0.0337. The first-order valence-electron chi connectivity index (χ1n) is 8.11. The molecule has 2 rings (SSSR count). The van der Waals surface area contributed by atoms with Crippen LogP contribution in [0.4, 0.5) is 0 Å². The van der Waals surface area contributed by atoms with Gasteiger partial charge in [-0.1, -0.05) is 6.42 Å². The maximum absolute atomic E-state index is 11.6. The molecule has 0 radical (unpaired) electrons. The molecule has 0 spiro atoms. The summed E-state index contributed by atoms with van der Waals surface area (Å²) in [5, 5.41) is 9.88. The number of epoxide rings is 1. The fourth-order valence-corrected chi connectivity index (χ4v) is 2.50. The van der Waals surface area contributed by atoms with Crippen molar-refractivity contribution < 1.29 is 28.8 Å². The second kappa shape index (κ2) is 7.25. The highest BCUT2D eigenvalue weighted by Gasteiger charge is 2.50. The maximum Gasteiger partial charge on any atom is 0.306 e. The molecule has 2 heterocycles. The van der Waals surface area contributed by atoms with Gasteiger partial charge in [0.2, 0.25) is 0 Å². The van der Waals surface area contributed by atoms with Crippen molar-refractivity contribution in [3.8, 4) is 0 Å². The fraction of sp³-hybridized carbons (Fsp3) is 0.938. The van der Waals surface area contributed by atoms with Crippen LogP contribution in [0.2, 0.25) is 0 Å². The van der Waals surface area contributed by atoms with Gasteiger partial charge in [-0.15, -0.1) is 0 Å². The second-order valence-electron chi connectivity index (χ2n) is 7.13. The second-order valence-corrected chi connectivity index (χ2v) is 7.13. The molecule has 5 atom stereocenters. The summed E-state index contributed by atoms with van der Waals surface area (Å²) in [5.41, 5.74) is -0.426. The molecule has 6 heteroatoms. The van der Waals surface area contributed by atoms with Gasteiger partial charge in [-0.05, 0) is 40.5 Å². The number of aliphatic hydroxyl groups is 1. The van der Waals surface area contributed by atoms with E-state index >= 15 is 0 Å². The Kier molecular flexibility index (Phi) is 5.82. The molecule has 0 aromatic heterocycles. The van der Waals surface area contributed by atoms with Crippen molar-refractivity contribution in [2.75, 3.05) is 0 Å². The van der Waals surface area contributed by atoms with E-state index in [-0.39, 0.29) is 24.5 Å². The molecule has 4 unspecified atom stereocenters. The van der Waals surface area contributed by atoms with Crippen LogP contribution >= 0.6 is 0 Å². The molecule has 128 valence electrons. The Bertz CT molecular complexity index is 377. The number of carbonyl (C=O) groups excluding carboxylic acids is 1. The van der Waals surface area contributed by atoms with E-state index in [2.05, 4.69) is 0 Å². The highest BCUT2D eigenvalue weighted by molar-refractivity contribution is 5.69. The van der Waals surface area contributed by atoms with Gasteiger partial charge in [0.25, 0.3) is 0 Å². The molecule has 0 bridgehead atoms. The molecule has 22 heavy (non-hydrogen) atoms. The molecule has 0 aromatic rings. The van der Waals surface area contributed by atoms with Gasteiger partial charge in [-0.2, -0.15) is 0 Å². The minimum atomic E-state index is -0.632. The van der Waals surface area contributed by atoms with Gasteiger partial charge in [0.1, 0.15) is 17.8 Å². The van der Waals surface area contributed by atoms with Crippen LogP contribution in [0.25, 0.3) is 0 Å². The zero-order chi connectivity index (χ0) is 16.3. The van der Waals surface area contributed by atoms with Crippen LogP contribution in [0.5, 0.6) is 0 Å². The molecule has 1 N–H and O–H groups in total. The summed E-state index contributed by atoms with van der Waals surface area (Å²) in [4.78, 5) is 11.6. The molecule has 0 saturated carbocycles. The van der Waals surface area contributed by atoms with Gasteiger partial charge in [0.15, 0.2) is 12.6 Å². The average Bonchev–Trinajstić information content (AvgIpc) is 3.10. The Balaban J connectivity index is 1.56. The standard InChI is InChI=1S/C16H28O6/c1-10(7-5-6-8-13(18)22-16(2,3)4)19-14-11(17)9-12-15(20-12)21-14/h10-12,14-15,17H,5-9H2,1-4H3/t10?,11?,12-,14?,15?/m1/s1. The SMILES string of the molecule is CC(CCCCC(=O)OC(C)(C)C)OC1OC2O[C@@H]2CC1O. The average molecular weight is 316 g/mol. The summed E-state index contributed by atoms with van der Waals surface area (Å²) in [6.07, 6.45) is 2.00. The topological polar surface area (TPSA) is 77.5 Å². The number of ether oxygens (including phenoxy) is 4. The molecule has 0 aliphatic carbocycles. The van der Waals surface area contributed by atoms with E-state index in [1.54, 1.807) is 0 Å². The van der Waals surface area contributed by atoms with Crippen LogP contribution in [0.1, 0.15) is 59.8 Å². The van der Waals surface area contributed by atoms with Crippen LogP contribution < -0.4 is 0 Å². The van der Waals surface area contributed by atoms with E-state index in [1.807, 2.05) is 27.7 Å². The number of hydrogen-bond acceptors (Lipinski definition) is 6. The van der Waals surface area contributed by atoms with Gasteiger partial charge >= 0.3 is 5.97 Å². The van der Waals surface area contributed by atoms with E-state index in [9.17, 15) is 9.90 Å². The number of rotatable bonds is 7. The molecule has 2 aliphatic rings. The molecule has 0 amide bonds. The van der Waals surface area contributed by atoms with Crippen LogP contribution in [0.3, 0.4) is 0 Å². The van der Waals surface area contributed by atoms with E-state index in [0.29, 0.717) is 12.8 Å². The molecular formula is C16H28O6. The Morgan fingerprint density at radius 3 is 2.73 bits per heavy atom. The Labute approximate surface area is 132 Å². The van der Waals surface area contributed by atoms with Crippen molar-refractivity contribution in [2.24, 2.45) is 0 Å². The summed E-state index contributed by atoms with van der Waals surface area (Å²) in [7, 11) is 0. The largest absolute Gasteiger partial charge is 0.460 e. The van der Waals surface area contributed by atoms with Gasteiger partial charge < -0.3 is 24.1 Å². The van der Waals surface area contributed by atoms with Crippen molar-refractivity contribution in [3.63, 3.8) is 0 Å². The van der Waals surface area contributed by atoms with Crippen LogP contribution in [0.15, 0.2) is 0 Å². The van der Waals surface area contributed by atoms with E-state index in [0.717, 1.165) is 19.3 Å². The highest BCUT2D eigenvalue weighted by Crippen LogP contribution is 2.36. The zero-order valence-corrected chi connectivity index (χ0v) is 13.9. The number of fused-ring (bicyclic) bond motifs is 1. The molecule has 0 aromatic carbocycles. The quantitative estimate of drug-likeness (QED) is 0.440. The Hall–Kier alpha value is -0.690. The predicted octanol–water partition coefficient (Wildman–Crippen LogP) is 2.13. The fourth-order valence-electron chi connectivity index (χ4n) is 2.50. The maximum atomic E-state index is 11.6. The van der Waals surface area contributed by atoms with Crippen LogP contribution in [-0.2, 0) is 23.7 Å². The number of esters is 1. The first kappa shape index (κ1) is 17.7. The molecule has 2 fully saturated rings. The lowest BCUT2D eigenvalue weighted by molar-refractivity contribution is -0.239. The number of aliphatic hydroxyl groups excluding tert-OH is 1. The predicted molar refractivity (Wildman–Crippen MR) is 79.0 cm³/mol. The summed E-state index contributed by atoms with van der Waals surface area (Å²) >= 11 is 0. The lowest BCUT2D eigenvalue weighted by Gasteiger charge is -2.28. The normalized spacial score (nSPS) is 32.2. The first-order chi connectivity index (χ1) is 10.2. The third kappa shape index (κ3) is 5.83. The third-order valence-electron chi connectivity index (χ3n) is 3.62. The zero-order valence-electron chi connectivity index (χ0n) is 13.9. The van der Waals surface area contributed by atoms with Crippen molar-refractivity contribution in [1.82, 2.24) is 0 Å². The molecule has 6 nitrogen and oxygen atoms in total. The van der Waals surface area contributed by atoms with Gasteiger partial charge in [0, 0.05) is 12.8 Å².